The Labute approximate surface area is 114 Å². The lowest BCUT2D eigenvalue weighted by atomic mass is 10.1. The first kappa shape index (κ1) is 14.3. The predicted octanol–water partition coefficient (Wildman–Crippen LogP) is 0.665. The van der Waals surface area contributed by atoms with Crippen LogP contribution in [-0.4, -0.2) is 47.1 Å². The molecule has 2 rings (SSSR count). The van der Waals surface area contributed by atoms with E-state index >= 15 is 0 Å². The van der Waals surface area contributed by atoms with E-state index in [1.807, 2.05) is 6.92 Å². The summed E-state index contributed by atoms with van der Waals surface area (Å²) in [6, 6.07) is -0.220. The summed E-state index contributed by atoms with van der Waals surface area (Å²) in [7, 11) is 0. The molecule has 2 aliphatic rings. The molecule has 5 heteroatoms. The molecule has 2 fully saturated rings. The zero-order valence-corrected chi connectivity index (χ0v) is 11.6. The largest absolute Gasteiger partial charge is 0.396 e. The van der Waals surface area contributed by atoms with Gasteiger partial charge in [-0.3, -0.25) is 9.59 Å². The number of rotatable bonds is 6. The minimum Gasteiger partial charge on any atom is -0.396 e. The van der Waals surface area contributed by atoms with E-state index in [1.165, 1.54) is 0 Å². The van der Waals surface area contributed by atoms with Gasteiger partial charge in [-0.2, -0.15) is 0 Å². The standard InChI is InChI=1S/C14H24N2O3/c1-10(4-3-9-17)15-13(18)12-5-2-8-16(12)14(19)11-6-7-11/h10-12,17H,2-9H2,1H3,(H,15,18). The lowest BCUT2D eigenvalue weighted by Crippen LogP contribution is -2.48. The van der Waals surface area contributed by atoms with Crippen LogP contribution in [0.5, 0.6) is 0 Å². The zero-order chi connectivity index (χ0) is 13.8. The highest BCUT2D eigenvalue weighted by atomic mass is 16.3. The molecule has 1 aliphatic carbocycles. The monoisotopic (exact) mass is 268 g/mol. The summed E-state index contributed by atoms with van der Waals surface area (Å²) in [6.07, 6.45) is 5.12. The Kier molecular flexibility index (Phi) is 4.80. The average Bonchev–Trinajstić information content (AvgIpc) is 3.12. The number of carbonyl (C=O) groups excluding carboxylic acids is 2. The molecule has 1 aliphatic heterocycles. The molecule has 5 nitrogen and oxygen atoms in total. The van der Waals surface area contributed by atoms with Crippen molar-refractivity contribution in [1.29, 1.82) is 0 Å². The highest BCUT2D eigenvalue weighted by Gasteiger charge is 2.40. The topological polar surface area (TPSA) is 69.6 Å². The quantitative estimate of drug-likeness (QED) is 0.743. The second-order valence-electron chi connectivity index (χ2n) is 5.74. The van der Waals surface area contributed by atoms with E-state index in [9.17, 15) is 9.59 Å². The fourth-order valence-corrected chi connectivity index (χ4v) is 2.68. The Hall–Kier alpha value is -1.10. The molecule has 0 radical (unpaired) electrons. The predicted molar refractivity (Wildman–Crippen MR) is 71.4 cm³/mol. The molecule has 0 aromatic carbocycles. The number of nitrogens with zero attached hydrogens (tertiary/aromatic N) is 1. The van der Waals surface area contributed by atoms with Gasteiger partial charge in [0.25, 0.3) is 0 Å². The summed E-state index contributed by atoms with van der Waals surface area (Å²) < 4.78 is 0. The Morgan fingerprint density at radius 2 is 2.11 bits per heavy atom. The van der Waals surface area contributed by atoms with Crippen LogP contribution in [0.2, 0.25) is 0 Å². The van der Waals surface area contributed by atoms with E-state index in [0.29, 0.717) is 6.42 Å². The number of hydrogen-bond donors (Lipinski definition) is 2. The van der Waals surface area contributed by atoms with Crippen LogP contribution < -0.4 is 5.32 Å². The van der Waals surface area contributed by atoms with Crippen molar-refractivity contribution in [2.45, 2.75) is 57.5 Å². The first-order valence-corrected chi connectivity index (χ1v) is 7.35. The van der Waals surface area contributed by atoms with Crippen molar-refractivity contribution in [2.24, 2.45) is 5.92 Å². The van der Waals surface area contributed by atoms with Gasteiger partial charge in [0.05, 0.1) is 0 Å². The van der Waals surface area contributed by atoms with Crippen LogP contribution in [0.4, 0.5) is 0 Å². The molecule has 1 heterocycles. The maximum atomic E-state index is 12.2. The third-order valence-electron chi connectivity index (χ3n) is 3.95. The second kappa shape index (κ2) is 6.37. The first-order chi connectivity index (χ1) is 9.13. The van der Waals surface area contributed by atoms with Gasteiger partial charge in [-0.1, -0.05) is 0 Å². The van der Waals surface area contributed by atoms with Gasteiger partial charge in [-0.15, -0.1) is 0 Å². The van der Waals surface area contributed by atoms with E-state index in [-0.39, 0.29) is 36.4 Å². The third kappa shape index (κ3) is 3.69. The van der Waals surface area contributed by atoms with Gasteiger partial charge in [-0.05, 0) is 45.4 Å². The van der Waals surface area contributed by atoms with Crippen LogP contribution in [0.25, 0.3) is 0 Å². The maximum Gasteiger partial charge on any atom is 0.243 e. The molecule has 0 spiro atoms. The molecule has 1 saturated heterocycles. The summed E-state index contributed by atoms with van der Waals surface area (Å²) in [4.78, 5) is 26.1. The van der Waals surface area contributed by atoms with Crippen LogP contribution in [0, 0.1) is 5.92 Å². The minimum absolute atomic E-state index is 0.0306. The number of hydrogen-bond acceptors (Lipinski definition) is 3. The maximum absolute atomic E-state index is 12.2. The van der Waals surface area contributed by atoms with Crippen molar-refractivity contribution < 1.29 is 14.7 Å². The van der Waals surface area contributed by atoms with Gasteiger partial charge < -0.3 is 15.3 Å². The van der Waals surface area contributed by atoms with Gasteiger partial charge in [0, 0.05) is 25.1 Å². The summed E-state index contributed by atoms with van der Waals surface area (Å²) in [6.45, 7) is 2.81. The van der Waals surface area contributed by atoms with E-state index < -0.39 is 0 Å². The molecule has 2 unspecified atom stereocenters. The van der Waals surface area contributed by atoms with E-state index in [4.69, 9.17) is 5.11 Å². The highest BCUT2D eigenvalue weighted by Crippen LogP contribution is 2.33. The van der Waals surface area contributed by atoms with Crippen LogP contribution in [0.15, 0.2) is 0 Å². The molecular formula is C14H24N2O3. The molecule has 0 aromatic rings. The SMILES string of the molecule is CC(CCCO)NC(=O)C1CCCN1C(=O)C1CC1. The molecule has 1 saturated carbocycles. The summed E-state index contributed by atoms with van der Waals surface area (Å²) in [5, 5.41) is 11.7. The van der Waals surface area contributed by atoms with Crippen molar-refractivity contribution >= 4 is 11.8 Å². The Morgan fingerprint density at radius 1 is 1.37 bits per heavy atom. The smallest absolute Gasteiger partial charge is 0.243 e. The van der Waals surface area contributed by atoms with Gasteiger partial charge in [0.2, 0.25) is 11.8 Å². The Bertz CT molecular complexity index is 342. The minimum atomic E-state index is -0.273. The van der Waals surface area contributed by atoms with Gasteiger partial charge >= 0.3 is 0 Å². The van der Waals surface area contributed by atoms with Crippen LogP contribution in [-0.2, 0) is 9.59 Å². The van der Waals surface area contributed by atoms with Crippen molar-refractivity contribution in [1.82, 2.24) is 10.2 Å². The van der Waals surface area contributed by atoms with E-state index in [2.05, 4.69) is 5.32 Å². The highest BCUT2D eigenvalue weighted by molar-refractivity contribution is 5.90. The number of carbonyl (C=O) groups is 2. The molecule has 108 valence electrons. The van der Waals surface area contributed by atoms with Crippen molar-refractivity contribution in [3.8, 4) is 0 Å². The van der Waals surface area contributed by atoms with E-state index in [1.54, 1.807) is 4.90 Å². The summed E-state index contributed by atoms with van der Waals surface area (Å²) in [5.41, 5.74) is 0. The fraction of sp³-hybridized carbons (Fsp3) is 0.857. The first-order valence-electron chi connectivity index (χ1n) is 7.35. The molecule has 2 N–H and O–H groups in total. The van der Waals surface area contributed by atoms with E-state index in [0.717, 1.165) is 38.6 Å². The van der Waals surface area contributed by atoms with Gasteiger partial charge in [0.15, 0.2) is 0 Å². The van der Waals surface area contributed by atoms with Crippen molar-refractivity contribution in [2.75, 3.05) is 13.2 Å². The number of amides is 2. The zero-order valence-electron chi connectivity index (χ0n) is 11.6. The number of nitrogens with one attached hydrogen (secondary N) is 1. The molecule has 0 aromatic heterocycles. The average molecular weight is 268 g/mol. The second-order valence-corrected chi connectivity index (χ2v) is 5.74. The lowest BCUT2D eigenvalue weighted by molar-refractivity contribution is -0.139. The van der Waals surface area contributed by atoms with Crippen LogP contribution in [0.1, 0.15) is 45.4 Å². The molecule has 0 bridgehead atoms. The van der Waals surface area contributed by atoms with Crippen LogP contribution >= 0.6 is 0 Å². The summed E-state index contributed by atoms with van der Waals surface area (Å²) >= 11 is 0. The Morgan fingerprint density at radius 3 is 2.74 bits per heavy atom. The van der Waals surface area contributed by atoms with Crippen molar-refractivity contribution in [3.05, 3.63) is 0 Å². The summed E-state index contributed by atoms with van der Waals surface area (Å²) in [5.74, 6) is 0.317. The van der Waals surface area contributed by atoms with Crippen LogP contribution in [0.3, 0.4) is 0 Å². The fourth-order valence-electron chi connectivity index (χ4n) is 2.68. The normalized spacial score (nSPS) is 24.3. The number of aliphatic hydroxyl groups excluding tert-OH is 1. The van der Waals surface area contributed by atoms with Gasteiger partial charge in [-0.25, -0.2) is 0 Å². The molecule has 2 atom stereocenters. The molecule has 19 heavy (non-hydrogen) atoms. The lowest BCUT2D eigenvalue weighted by Gasteiger charge is -2.25. The number of aliphatic hydroxyl groups is 1. The van der Waals surface area contributed by atoms with Gasteiger partial charge in [0.1, 0.15) is 6.04 Å². The Balaban J connectivity index is 1.84. The molecular weight excluding hydrogens is 244 g/mol. The number of likely N-dealkylation sites (tertiary alicyclic amines) is 1. The van der Waals surface area contributed by atoms with Crippen molar-refractivity contribution in [3.63, 3.8) is 0 Å². The third-order valence-corrected chi connectivity index (χ3v) is 3.95. The molecule has 2 amide bonds.